The fourth-order valence-corrected chi connectivity index (χ4v) is 5.96. The Bertz CT molecular complexity index is 1410. The van der Waals surface area contributed by atoms with Gasteiger partial charge in [-0.2, -0.15) is 0 Å². The molecule has 2 aliphatic heterocycles. The van der Waals surface area contributed by atoms with E-state index in [-0.39, 0.29) is 27.9 Å². The van der Waals surface area contributed by atoms with E-state index in [1.54, 1.807) is 12.1 Å². The van der Waals surface area contributed by atoms with Gasteiger partial charge in [-0.05, 0) is 30.2 Å². The number of fused-ring (bicyclic) bond motifs is 1. The molecule has 198 valence electrons. The summed E-state index contributed by atoms with van der Waals surface area (Å²) >= 11 is 7.81. The lowest BCUT2D eigenvalue weighted by atomic mass is 10.0. The molecule has 0 aromatic heterocycles. The zero-order valence-electron chi connectivity index (χ0n) is 20.3. The van der Waals surface area contributed by atoms with Crippen molar-refractivity contribution in [1.82, 2.24) is 4.90 Å². The number of esters is 1. The molecule has 3 N–H and O–H groups in total. The third-order valence-corrected chi connectivity index (χ3v) is 8.62. The number of carbonyl (C=O) groups excluding carboxylic acids is 2. The number of aryl methyl sites for hydroxylation is 1. The summed E-state index contributed by atoms with van der Waals surface area (Å²) in [4.78, 5) is 26.5. The van der Waals surface area contributed by atoms with Crippen molar-refractivity contribution in [3.05, 3.63) is 112 Å². The van der Waals surface area contributed by atoms with Gasteiger partial charge in [-0.3, -0.25) is 9.69 Å². The summed E-state index contributed by atoms with van der Waals surface area (Å²) in [5.41, 5.74) is 6.62. The first-order chi connectivity index (χ1) is 18.1. The largest absolute Gasteiger partial charge is 0.744 e. The molecular weight excluding hydrogens is 548 g/mol. The second kappa shape index (κ2) is 11.7. The van der Waals surface area contributed by atoms with Crippen LogP contribution in [-0.4, -0.2) is 46.9 Å². The zero-order valence-corrected chi connectivity index (χ0v) is 22.7. The van der Waals surface area contributed by atoms with Crippen LogP contribution >= 0.6 is 23.4 Å². The van der Waals surface area contributed by atoms with E-state index in [4.69, 9.17) is 16.3 Å². The smallest absolute Gasteiger partial charge is 0.357 e. The summed E-state index contributed by atoms with van der Waals surface area (Å²) in [5.74, 6) is -0.329. The maximum Gasteiger partial charge on any atom is 0.357 e. The van der Waals surface area contributed by atoms with Crippen LogP contribution in [0, 0.1) is 6.92 Å². The molecular formula is C27H25ClN2O6S2. The van der Waals surface area contributed by atoms with Crippen molar-refractivity contribution in [3.8, 4) is 0 Å². The number of hydrogen-bond donors (Lipinski definition) is 1. The second-order valence-electron chi connectivity index (χ2n) is 8.64. The van der Waals surface area contributed by atoms with E-state index in [1.165, 1.54) is 28.8 Å². The lowest BCUT2D eigenvalue weighted by Gasteiger charge is -2.45. The molecule has 0 radical (unpaired) electrons. The summed E-state index contributed by atoms with van der Waals surface area (Å²) < 4.78 is 37.0. The van der Waals surface area contributed by atoms with Gasteiger partial charge in [0.25, 0.3) is 5.91 Å². The van der Waals surface area contributed by atoms with Gasteiger partial charge < -0.3 is 15.0 Å². The fraction of sp³-hybridized carbons (Fsp3) is 0.185. The number of benzene rings is 3. The molecule has 1 saturated heterocycles. The third kappa shape index (κ3) is 6.11. The maximum absolute atomic E-state index is 13.0. The summed E-state index contributed by atoms with van der Waals surface area (Å²) in [6, 6.07) is 24.4. The predicted molar refractivity (Wildman–Crippen MR) is 143 cm³/mol. The van der Waals surface area contributed by atoms with Gasteiger partial charge in [0.1, 0.15) is 21.2 Å². The van der Waals surface area contributed by atoms with E-state index >= 15 is 0 Å². The topological polar surface area (TPSA) is 131 Å². The van der Waals surface area contributed by atoms with E-state index in [9.17, 15) is 22.6 Å². The SMILES string of the molecule is Cc1ccc(S(=O)(=O)[O-])cc1.[NH3+][C@@H]1C(=O)N2C(C(=O)OC(c3ccccc3)c3ccccc3)=C(Cl)CS[C@H]12. The minimum absolute atomic E-state index is 0.141. The van der Waals surface area contributed by atoms with E-state index in [1.807, 2.05) is 67.6 Å². The monoisotopic (exact) mass is 572 g/mol. The Morgan fingerprint density at radius 3 is 2.05 bits per heavy atom. The number of amides is 1. The van der Waals surface area contributed by atoms with Crippen LogP contribution in [0.25, 0.3) is 0 Å². The third-order valence-electron chi connectivity index (χ3n) is 5.96. The van der Waals surface area contributed by atoms with Crippen LogP contribution in [-0.2, 0) is 24.4 Å². The highest BCUT2D eigenvalue weighted by molar-refractivity contribution is 8.00. The van der Waals surface area contributed by atoms with Crippen LogP contribution in [0.3, 0.4) is 0 Å². The van der Waals surface area contributed by atoms with Crippen molar-refractivity contribution >= 4 is 45.4 Å². The predicted octanol–water partition coefficient (Wildman–Crippen LogP) is 3.19. The minimum atomic E-state index is -4.27. The molecule has 3 aromatic rings. The fourth-order valence-electron chi connectivity index (χ4n) is 3.97. The quantitative estimate of drug-likeness (QED) is 0.282. The molecule has 0 spiro atoms. The van der Waals surface area contributed by atoms with Crippen molar-refractivity contribution in [1.29, 1.82) is 0 Å². The molecule has 5 rings (SSSR count). The number of ether oxygens (including phenoxy) is 1. The van der Waals surface area contributed by atoms with Gasteiger partial charge >= 0.3 is 5.97 Å². The molecule has 2 heterocycles. The van der Waals surface area contributed by atoms with Crippen LogP contribution in [0.4, 0.5) is 0 Å². The lowest BCUT2D eigenvalue weighted by molar-refractivity contribution is -0.423. The Balaban J connectivity index is 0.000000257. The maximum atomic E-state index is 13.0. The Morgan fingerprint density at radius 2 is 1.55 bits per heavy atom. The lowest BCUT2D eigenvalue weighted by Crippen LogP contribution is -2.83. The van der Waals surface area contributed by atoms with Gasteiger partial charge in [-0.15, -0.1) is 11.8 Å². The zero-order chi connectivity index (χ0) is 27.4. The van der Waals surface area contributed by atoms with E-state index in [0.29, 0.717) is 10.8 Å². The first-order valence-electron chi connectivity index (χ1n) is 11.6. The Labute approximate surface area is 230 Å². The van der Waals surface area contributed by atoms with Gasteiger partial charge in [0.15, 0.2) is 12.1 Å². The van der Waals surface area contributed by atoms with Crippen LogP contribution in [0.5, 0.6) is 0 Å². The molecule has 0 aliphatic carbocycles. The van der Waals surface area contributed by atoms with Crippen LogP contribution in [0.2, 0.25) is 0 Å². The summed E-state index contributed by atoms with van der Waals surface area (Å²) in [5, 5.41) is 0.177. The van der Waals surface area contributed by atoms with Crippen molar-refractivity contribution in [2.45, 2.75) is 29.3 Å². The number of quaternary nitrogens is 1. The average Bonchev–Trinajstić information content (AvgIpc) is 2.92. The summed E-state index contributed by atoms with van der Waals surface area (Å²) in [6.45, 7) is 1.82. The van der Waals surface area contributed by atoms with Crippen LogP contribution in [0.1, 0.15) is 22.8 Å². The highest BCUT2D eigenvalue weighted by atomic mass is 35.5. The van der Waals surface area contributed by atoms with E-state index in [2.05, 4.69) is 5.73 Å². The number of carbonyl (C=O) groups is 2. The molecule has 8 nitrogen and oxygen atoms in total. The molecule has 0 unspecified atom stereocenters. The van der Waals surface area contributed by atoms with Gasteiger partial charge in [0.05, 0.1) is 9.93 Å². The molecule has 0 bridgehead atoms. The number of hydrogen-bond acceptors (Lipinski definition) is 7. The standard InChI is InChI=1S/C20H17ClN2O3S.C7H8O3S/c21-14-11-27-19-15(22)18(24)23(19)16(14)20(25)26-17(12-7-3-1-4-8-12)13-9-5-2-6-10-13;1-6-2-4-7(5-3-6)11(8,9)10/h1-10,15,17,19H,11,22H2;2-5H,1H3,(H,8,9,10)/t15-,19-;/m1./s1. The Hall–Kier alpha value is -3.15. The highest BCUT2D eigenvalue weighted by Gasteiger charge is 2.55. The number of β-lactam (4-membered cyclic amide) rings is 1. The number of rotatable bonds is 5. The van der Waals surface area contributed by atoms with Crippen LogP contribution < -0.4 is 5.73 Å². The summed E-state index contributed by atoms with van der Waals surface area (Å²) in [6.07, 6.45) is -0.586. The second-order valence-corrected chi connectivity index (χ2v) is 11.6. The first kappa shape index (κ1) is 27.9. The van der Waals surface area contributed by atoms with Gasteiger partial charge in [-0.1, -0.05) is 90.0 Å². The molecule has 1 amide bonds. The van der Waals surface area contributed by atoms with E-state index < -0.39 is 22.2 Å². The first-order valence-corrected chi connectivity index (χ1v) is 14.4. The van der Waals surface area contributed by atoms with Gasteiger partial charge in [-0.25, -0.2) is 13.2 Å². The number of halogens is 1. The van der Waals surface area contributed by atoms with Crippen molar-refractivity contribution < 1.29 is 33.0 Å². The molecule has 11 heteroatoms. The number of thioether (sulfide) groups is 1. The van der Waals surface area contributed by atoms with E-state index in [0.717, 1.165) is 16.7 Å². The van der Waals surface area contributed by atoms with Crippen LogP contribution in [0.15, 0.2) is 101 Å². The number of nitrogens with zero attached hydrogens (tertiary/aromatic N) is 1. The summed E-state index contributed by atoms with van der Waals surface area (Å²) in [7, 11) is -4.27. The molecule has 2 atom stereocenters. The van der Waals surface area contributed by atoms with Crippen molar-refractivity contribution in [2.24, 2.45) is 0 Å². The molecule has 0 saturated carbocycles. The van der Waals surface area contributed by atoms with Gasteiger partial charge in [0, 0.05) is 5.75 Å². The van der Waals surface area contributed by atoms with Crippen molar-refractivity contribution in [2.75, 3.05) is 5.75 Å². The molecule has 2 aliphatic rings. The molecule has 1 fully saturated rings. The Kier molecular flexibility index (Phi) is 8.59. The molecule has 3 aromatic carbocycles. The normalized spacial score (nSPS) is 18.8. The highest BCUT2D eigenvalue weighted by Crippen LogP contribution is 2.41. The minimum Gasteiger partial charge on any atom is -0.744 e. The van der Waals surface area contributed by atoms with Gasteiger partial charge in [0.2, 0.25) is 0 Å². The Morgan fingerprint density at radius 1 is 1.03 bits per heavy atom. The van der Waals surface area contributed by atoms with Crippen molar-refractivity contribution in [3.63, 3.8) is 0 Å². The molecule has 38 heavy (non-hydrogen) atoms. The average molecular weight is 573 g/mol.